The van der Waals surface area contributed by atoms with Gasteiger partial charge in [0.2, 0.25) is 18.6 Å². The maximum Gasteiger partial charge on any atom is 0.234 e. The Morgan fingerprint density at radius 2 is 1.63 bits per heavy atom. The molecule has 2 N–H and O–H groups in total. The molecule has 8 heteroatoms. The van der Waals surface area contributed by atoms with Crippen LogP contribution in [0.1, 0.15) is 18.9 Å². The normalized spacial score (nSPS) is 12.1. The second-order valence-electron chi connectivity index (χ2n) is 6.82. The number of ether oxygens (including phenoxy) is 2. The molecule has 154 valence electrons. The van der Waals surface area contributed by atoms with Gasteiger partial charge in [-0.2, -0.15) is 0 Å². The van der Waals surface area contributed by atoms with E-state index in [4.69, 9.17) is 9.47 Å². The number of benzene rings is 2. The molecule has 0 spiro atoms. The fraction of sp³-hybridized carbons (Fsp3) is 0.227. The van der Waals surface area contributed by atoms with Crippen LogP contribution in [0.5, 0.6) is 11.5 Å². The van der Waals surface area contributed by atoms with Crippen molar-refractivity contribution in [2.24, 2.45) is 0 Å². The van der Waals surface area contributed by atoms with Crippen molar-refractivity contribution in [2.45, 2.75) is 25.3 Å². The highest BCUT2D eigenvalue weighted by molar-refractivity contribution is 8.00. The maximum absolute atomic E-state index is 12.4. The highest BCUT2D eigenvalue weighted by atomic mass is 32.2. The third-order valence-electron chi connectivity index (χ3n) is 4.57. The summed E-state index contributed by atoms with van der Waals surface area (Å²) < 4.78 is 10.8. The zero-order valence-corrected chi connectivity index (χ0v) is 17.5. The number of thioether (sulfide) groups is 1. The van der Waals surface area contributed by atoms with E-state index in [0.29, 0.717) is 23.5 Å². The van der Waals surface area contributed by atoms with Gasteiger partial charge in [-0.05, 0) is 48.9 Å². The minimum absolute atomic E-state index is 0.0505. The molecule has 2 amide bonds. The number of anilines is 2. The van der Waals surface area contributed by atoms with Gasteiger partial charge in [0.15, 0.2) is 11.5 Å². The van der Waals surface area contributed by atoms with Crippen molar-refractivity contribution in [3.05, 3.63) is 48.0 Å². The molecule has 2 aromatic carbocycles. The molecule has 0 saturated heterocycles. The number of aryl methyl sites for hydroxylation is 1. The topological polar surface area (TPSA) is 89.6 Å². The molecule has 4 rings (SSSR count). The highest BCUT2D eigenvalue weighted by Crippen LogP contribution is 2.36. The minimum Gasteiger partial charge on any atom is -0.454 e. The van der Waals surface area contributed by atoms with Crippen LogP contribution in [-0.4, -0.2) is 29.3 Å². The Bertz CT molecular complexity index is 1120. The van der Waals surface area contributed by atoms with Crippen molar-refractivity contribution < 1.29 is 19.1 Å². The third-order valence-corrected chi connectivity index (χ3v) is 5.66. The molecule has 7 nitrogen and oxygen atoms in total. The first kappa shape index (κ1) is 20.0. The van der Waals surface area contributed by atoms with Gasteiger partial charge in [0, 0.05) is 29.2 Å². The fourth-order valence-corrected chi connectivity index (χ4v) is 3.80. The van der Waals surface area contributed by atoms with Crippen LogP contribution in [0, 0.1) is 6.92 Å². The third kappa shape index (κ3) is 4.49. The molecule has 0 saturated carbocycles. The molecule has 2 heterocycles. The Morgan fingerprint density at radius 1 is 1.00 bits per heavy atom. The lowest BCUT2D eigenvalue weighted by molar-refractivity contribution is -0.116. The Labute approximate surface area is 178 Å². The minimum atomic E-state index is -0.127. The molecule has 3 aromatic rings. The van der Waals surface area contributed by atoms with E-state index in [2.05, 4.69) is 15.6 Å². The number of hydrogen-bond donors (Lipinski definition) is 2. The van der Waals surface area contributed by atoms with E-state index >= 15 is 0 Å². The van der Waals surface area contributed by atoms with Crippen molar-refractivity contribution in [3.8, 4) is 11.5 Å². The van der Waals surface area contributed by atoms with Crippen LogP contribution in [0.25, 0.3) is 10.9 Å². The average Bonchev–Trinajstić information content (AvgIpc) is 3.19. The van der Waals surface area contributed by atoms with E-state index in [1.54, 1.807) is 31.2 Å². The van der Waals surface area contributed by atoms with Crippen LogP contribution in [0.4, 0.5) is 11.4 Å². The Balaban J connectivity index is 1.38. The van der Waals surface area contributed by atoms with Crippen LogP contribution >= 0.6 is 11.8 Å². The molecule has 0 unspecified atom stereocenters. The summed E-state index contributed by atoms with van der Waals surface area (Å²) >= 11 is 1.38. The molecule has 30 heavy (non-hydrogen) atoms. The van der Waals surface area contributed by atoms with Crippen molar-refractivity contribution >= 4 is 45.9 Å². The molecule has 0 aliphatic carbocycles. The number of hydrogen-bond acceptors (Lipinski definition) is 6. The van der Waals surface area contributed by atoms with Gasteiger partial charge < -0.3 is 20.1 Å². The number of nitrogens with zero attached hydrogens (tertiary/aromatic N) is 1. The maximum atomic E-state index is 12.4. The van der Waals surface area contributed by atoms with Gasteiger partial charge in [-0.3, -0.25) is 9.59 Å². The number of fused-ring (bicyclic) bond motifs is 2. The van der Waals surface area contributed by atoms with E-state index < -0.39 is 0 Å². The zero-order chi connectivity index (χ0) is 21.1. The number of amides is 2. The fourth-order valence-electron chi connectivity index (χ4n) is 3.02. The molecule has 0 atom stereocenters. The van der Waals surface area contributed by atoms with Gasteiger partial charge in [-0.25, -0.2) is 4.98 Å². The summed E-state index contributed by atoms with van der Waals surface area (Å²) in [6.07, 6.45) is 0.418. The summed E-state index contributed by atoms with van der Waals surface area (Å²) in [5, 5.41) is 7.41. The second-order valence-corrected chi connectivity index (χ2v) is 7.79. The number of carbonyl (C=O) groups is 2. The first-order chi connectivity index (χ1) is 14.5. The lowest BCUT2D eigenvalue weighted by Crippen LogP contribution is -2.14. The molecular weight excluding hydrogens is 402 g/mol. The summed E-state index contributed by atoms with van der Waals surface area (Å²) in [4.78, 5) is 28.5. The average molecular weight is 423 g/mol. The van der Waals surface area contributed by atoms with Gasteiger partial charge in [0.05, 0.1) is 11.3 Å². The van der Waals surface area contributed by atoms with E-state index in [9.17, 15) is 9.59 Å². The summed E-state index contributed by atoms with van der Waals surface area (Å²) in [6, 6.07) is 12.9. The van der Waals surface area contributed by atoms with Gasteiger partial charge in [-0.15, -0.1) is 0 Å². The SMILES string of the molecule is CCC(=O)Nc1ccc(NC(=O)CSc2nc3cc4c(cc3cc2C)OCO4)cc1. The smallest absolute Gasteiger partial charge is 0.234 e. The lowest BCUT2D eigenvalue weighted by Gasteiger charge is -2.09. The predicted molar refractivity (Wildman–Crippen MR) is 117 cm³/mol. The first-order valence-electron chi connectivity index (χ1n) is 9.55. The van der Waals surface area contributed by atoms with Crippen molar-refractivity contribution in [2.75, 3.05) is 23.2 Å². The van der Waals surface area contributed by atoms with Crippen molar-refractivity contribution in [1.29, 1.82) is 0 Å². The Hall–Kier alpha value is -3.26. The number of carbonyl (C=O) groups excluding carboxylic acids is 2. The first-order valence-corrected chi connectivity index (χ1v) is 10.5. The zero-order valence-electron chi connectivity index (χ0n) is 16.7. The Morgan fingerprint density at radius 3 is 2.30 bits per heavy atom. The van der Waals surface area contributed by atoms with Crippen LogP contribution in [0.15, 0.2) is 47.5 Å². The van der Waals surface area contributed by atoms with Crippen LogP contribution in [0.2, 0.25) is 0 Å². The number of aromatic nitrogens is 1. The molecular formula is C22H21N3O4S. The van der Waals surface area contributed by atoms with Gasteiger partial charge in [0.1, 0.15) is 5.03 Å². The highest BCUT2D eigenvalue weighted by Gasteiger charge is 2.16. The molecule has 0 bridgehead atoms. The monoisotopic (exact) mass is 423 g/mol. The van der Waals surface area contributed by atoms with Gasteiger partial charge >= 0.3 is 0 Å². The van der Waals surface area contributed by atoms with E-state index in [1.807, 2.05) is 25.1 Å². The quantitative estimate of drug-likeness (QED) is 0.573. The van der Waals surface area contributed by atoms with Crippen LogP contribution in [0.3, 0.4) is 0 Å². The molecule has 1 aliphatic heterocycles. The molecule has 0 fully saturated rings. The van der Waals surface area contributed by atoms with Crippen molar-refractivity contribution in [3.63, 3.8) is 0 Å². The van der Waals surface area contributed by atoms with E-state index in [1.165, 1.54) is 11.8 Å². The van der Waals surface area contributed by atoms with Crippen LogP contribution in [-0.2, 0) is 9.59 Å². The van der Waals surface area contributed by atoms with Crippen molar-refractivity contribution in [1.82, 2.24) is 4.98 Å². The summed E-state index contributed by atoms with van der Waals surface area (Å²) in [5.41, 5.74) is 3.17. The predicted octanol–water partition coefficient (Wildman–Crippen LogP) is 4.35. The molecule has 1 aromatic heterocycles. The molecule has 0 radical (unpaired) electrons. The number of nitrogens with one attached hydrogen (secondary N) is 2. The summed E-state index contributed by atoms with van der Waals surface area (Å²) in [7, 11) is 0. The second kappa shape index (κ2) is 8.62. The van der Waals surface area contributed by atoms with Crippen LogP contribution < -0.4 is 20.1 Å². The Kier molecular flexibility index (Phi) is 5.76. The number of rotatable bonds is 6. The van der Waals surface area contributed by atoms with E-state index in [-0.39, 0.29) is 24.4 Å². The standard InChI is InChI=1S/C22H21N3O4S/c1-3-20(26)23-15-4-6-16(7-5-15)24-21(27)11-30-22-13(2)8-14-9-18-19(29-12-28-18)10-17(14)25-22/h4-10H,3,11-12H2,1-2H3,(H,23,26)(H,24,27). The van der Waals surface area contributed by atoms with E-state index in [0.717, 1.165) is 27.2 Å². The summed E-state index contributed by atoms with van der Waals surface area (Å²) in [5.74, 6) is 1.47. The lowest BCUT2D eigenvalue weighted by atomic mass is 10.1. The largest absolute Gasteiger partial charge is 0.454 e. The summed E-state index contributed by atoms with van der Waals surface area (Å²) in [6.45, 7) is 3.99. The number of pyridine rings is 1. The molecule has 1 aliphatic rings. The van der Waals surface area contributed by atoms with Gasteiger partial charge in [0.25, 0.3) is 0 Å². The van der Waals surface area contributed by atoms with Gasteiger partial charge in [-0.1, -0.05) is 18.7 Å².